The zero-order valence-electron chi connectivity index (χ0n) is 14.7. The highest BCUT2D eigenvalue weighted by molar-refractivity contribution is 6.31. The number of hydrogen-bond acceptors (Lipinski definition) is 4. The van der Waals surface area contributed by atoms with Crippen LogP contribution in [0.2, 0.25) is 5.02 Å². The molecule has 0 aliphatic carbocycles. The maximum absolute atomic E-state index is 13.0. The number of piperidine rings is 1. The summed E-state index contributed by atoms with van der Waals surface area (Å²) in [6.07, 6.45) is 8.46. The van der Waals surface area contributed by atoms with Crippen molar-refractivity contribution < 1.29 is 9.53 Å². The van der Waals surface area contributed by atoms with Gasteiger partial charge in [0.25, 0.3) is 5.91 Å². The van der Waals surface area contributed by atoms with E-state index in [9.17, 15) is 4.79 Å². The Hall–Kier alpha value is -2.86. The minimum Gasteiger partial charge on any atom is -0.487 e. The normalized spacial score (nSPS) is 16.9. The molecule has 0 saturated carbocycles. The number of nitrogens with zero attached hydrogens (tertiary/aromatic N) is 4. The fraction of sp³-hybridized carbons (Fsp3) is 0.250. The van der Waals surface area contributed by atoms with E-state index in [1.54, 1.807) is 29.3 Å². The van der Waals surface area contributed by atoms with Gasteiger partial charge in [-0.1, -0.05) is 17.7 Å². The molecule has 138 valence electrons. The molecule has 0 radical (unpaired) electrons. The predicted octanol–water partition coefficient (Wildman–Crippen LogP) is 3.60. The Kier molecular flexibility index (Phi) is 5.07. The number of pyridine rings is 1. The summed E-state index contributed by atoms with van der Waals surface area (Å²) in [5.74, 6) is 0.602. The highest BCUT2D eigenvalue weighted by atomic mass is 35.5. The van der Waals surface area contributed by atoms with Crippen LogP contribution in [0.4, 0.5) is 0 Å². The Morgan fingerprint density at radius 1 is 1.22 bits per heavy atom. The first-order chi connectivity index (χ1) is 13.2. The SMILES string of the molecule is O=C(c1cccc(-n2cccn2)c1)N1CCCC(Oc2ccncc2Cl)C1. The van der Waals surface area contributed by atoms with Crippen molar-refractivity contribution in [3.05, 3.63) is 71.8 Å². The molecule has 1 saturated heterocycles. The van der Waals surface area contributed by atoms with Crippen LogP contribution in [0.1, 0.15) is 23.2 Å². The van der Waals surface area contributed by atoms with Crippen LogP contribution >= 0.6 is 11.6 Å². The zero-order chi connectivity index (χ0) is 18.6. The Bertz CT molecular complexity index is 929. The van der Waals surface area contributed by atoms with Crippen molar-refractivity contribution in [2.45, 2.75) is 18.9 Å². The zero-order valence-corrected chi connectivity index (χ0v) is 15.4. The topological polar surface area (TPSA) is 60.2 Å². The lowest BCUT2D eigenvalue weighted by Gasteiger charge is -2.33. The Morgan fingerprint density at radius 2 is 2.15 bits per heavy atom. The van der Waals surface area contributed by atoms with Crippen LogP contribution in [0.3, 0.4) is 0 Å². The first-order valence-electron chi connectivity index (χ1n) is 8.86. The van der Waals surface area contributed by atoms with Crippen LogP contribution < -0.4 is 4.74 Å². The highest BCUT2D eigenvalue weighted by Crippen LogP contribution is 2.26. The summed E-state index contributed by atoms with van der Waals surface area (Å²) >= 11 is 6.13. The Labute approximate surface area is 162 Å². The van der Waals surface area contributed by atoms with Crippen LogP contribution in [0.25, 0.3) is 5.69 Å². The first-order valence-corrected chi connectivity index (χ1v) is 9.24. The van der Waals surface area contributed by atoms with E-state index in [2.05, 4.69) is 10.1 Å². The molecule has 6 nitrogen and oxygen atoms in total. The van der Waals surface area contributed by atoms with Gasteiger partial charge >= 0.3 is 0 Å². The van der Waals surface area contributed by atoms with E-state index in [0.29, 0.717) is 22.9 Å². The second-order valence-electron chi connectivity index (χ2n) is 6.44. The largest absolute Gasteiger partial charge is 0.487 e. The van der Waals surface area contributed by atoms with Crippen LogP contribution in [-0.4, -0.2) is 44.8 Å². The lowest BCUT2D eigenvalue weighted by atomic mass is 10.1. The van der Waals surface area contributed by atoms with Gasteiger partial charge < -0.3 is 9.64 Å². The van der Waals surface area contributed by atoms with E-state index < -0.39 is 0 Å². The number of benzene rings is 1. The predicted molar refractivity (Wildman–Crippen MR) is 102 cm³/mol. The fourth-order valence-corrected chi connectivity index (χ4v) is 3.41. The van der Waals surface area contributed by atoms with Gasteiger partial charge in [-0.25, -0.2) is 4.68 Å². The van der Waals surface area contributed by atoms with E-state index in [0.717, 1.165) is 25.1 Å². The molecule has 7 heteroatoms. The van der Waals surface area contributed by atoms with E-state index in [1.165, 1.54) is 0 Å². The molecular weight excluding hydrogens is 364 g/mol. The van der Waals surface area contributed by atoms with Gasteiger partial charge in [-0.3, -0.25) is 9.78 Å². The van der Waals surface area contributed by atoms with Crippen molar-refractivity contribution in [1.29, 1.82) is 0 Å². The lowest BCUT2D eigenvalue weighted by molar-refractivity contribution is 0.0538. The van der Waals surface area contributed by atoms with Gasteiger partial charge in [0.2, 0.25) is 0 Å². The van der Waals surface area contributed by atoms with Crippen molar-refractivity contribution >= 4 is 17.5 Å². The van der Waals surface area contributed by atoms with Gasteiger partial charge in [-0.2, -0.15) is 5.10 Å². The van der Waals surface area contributed by atoms with Crippen molar-refractivity contribution in [1.82, 2.24) is 19.7 Å². The first kappa shape index (κ1) is 17.5. The smallest absolute Gasteiger partial charge is 0.254 e. The average Bonchev–Trinajstić information content (AvgIpc) is 3.24. The molecule has 27 heavy (non-hydrogen) atoms. The van der Waals surface area contributed by atoms with Crippen LogP contribution in [-0.2, 0) is 0 Å². The summed E-state index contributed by atoms with van der Waals surface area (Å²) in [6, 6.07) is 11.1. The summed E-state index contributed by atoms with van der Waals surface area (Å²) in [5, 5.41) is 4.70. The number of hydrogen-bond donors (Lipinski definition) is 0. The lowest BCUT2D eigenvalue weighted by Crippen LogP contribution is -2.44. The molecule has 3 aromatic rings. The number of aromatic nitrogens is 3. The average molecular weight is 383 g/mol. The van der Waals surface area contributed by atoms with Crippen molar-refractivity contribution in [3.8, 4) is 11.4 Å². The molecule has 1 unspecified atom stereocenters. The molecule has 3 heterocycles. The molecule has 0 bridgehead atoms. The standard InChI is InChI=1S/C20H19ClN4O2/c21-18-13-22-9-7-19(18)27-17-6-2-10-24(14-17)20(26)15-4-1-5-16(12-15)25-11-3-8-23-25/h1,3-5,7-9,11-13,17H,2,6,10,14H2. The summed E-state index contributed by atoms with van der Waals surface area (Å²) in [5.41, 5.74) is 1.50. The molecule has 1 fully saturated rings. The Balaban J connectivity index is 1.47. The second kappa shape index (κ2) is 7.80. The third kappa shape index (κ3) is 3.95. The van der Waals surface area contributed by atoms with E-state index in [1.807, 2.05) is 41.4 Å². The Morgan fingerprint density at radius 3 is 2.96 bits per heavy atom. The molecule has 1 atom stereocenters. The summed E-state index contributed by atoms with van der Waals surface area (Å²) in [7, 11) is 0. The maximum Gasteiger partial charge on any atom is 0.254 e. The fourth-order valence-electron chi connectivity index (χ4n) is 3.24. The number of halogens is 1. The summed E-state index contributed by atoms with van der Waals surface area (Å²) in [4.78, 5) is 18.8. The molecule has 1 aromatic carbocycles. The van der Waals surface area contributed by atoms with E-state index >= 15 is 0 Å². The van der Waals surface area contributed by atoms with Gasteiger partial charge in [-0.15, -0.1) is 0 Å². The van der Waals surface area contributed by atoms with Gasteiger partial charge in [0.05, 0.1) is 12.2 Å². The third-order valence-electron chi connectivity index (χ3n) is 4.56. The summed E-state index contributed by atoms with van der Waals surface area (Å²) in [6.45, 7) is 1.25. The number of rotatable bonds is 4. The number of carbonyl (C=O) groups excluding carboxylic acids is 1. The van der Waals surface area contributed by atoms with Crippen LogP contribution in [0.5, 0.6) is 5.75 Å². The molecule has 0 spiro atoms. The quantitative estimate of drug-likeness (QED) is 0.691. The van der Waals surface area contributed by atoms with E-state index in [-0.39, 0.29) is 12.0 Å². The molecule has 4 rings (SSSR count). The number of amides is 1. The van der Waals surface area contributed by atoms with Gasteiger partial charge in [0, 0.05) is 43.0 Å². The van der Waals surface area contributed by atoms with Gasteiger partial charge in [0.15, 0.2) is 0 Å². The molecule has 1 aliphatic heterocycles. The highest BCUT2D eigenvalue weighted by Gasteiger charge is 2.26. The van der Waals surface area contributed by atoms with Gasteiger partial charge in [0.1, 0.15) is 16.9 Å². The van der Waals surface area contributed by atoms with Crippen LogP contribution in [0, 0.1) is 0 Å². The number of likely N-dealkylation sites (tertiary alicyclic amines) is 1. The number of carbonyl (C=O) groups is 1. The molecule has 0 N–H and O–H groups in total. The number of ether oxygens (including phenoxy) is 1. The van der Waals surface area contributed by atoms with E-state index in [4.69, 9.17) is 16.3 Å². The van der Waals surface area contributed by atoms with Crippen molar-refractivity contribution in [2.75, 3.05) is 13.1 Å². The third-order valence-corrected chi connectivity index (χ3v) is 4.84. The summed E-state index contributed by atoms with van der Waals surface area (Å²) < 4.78 is 7.75. The minimum atomic E-state index is -0.0862. The second-order valence-corrected chi connectivity index (χ2v) is 6.85. The van der Waals surface area contributed by atoms with Gasteiger partial charge in [-0.05, 0) is 37.1 Å². The molecular formula is C20H19ClN4O2. The van der Waals surface area contributed by atoms with Crippen LogP contribution in [0.15, 0.2) is 61.2 Å². The molecule has 2 aromatic heterocycles. The maximum atomic E-state index is 13.0. The molecule has 1 amide bonds. The molecule has 1 aliphatic rings. The minimum absolute atomic E-state index is 0.00173. The van der Waals surface area contributed by atoms with Crippen molar-refractivity contribution in [3.63, 3.8) is 0 Å². The van der Waals surface area contributed by atoms with Crippen molar-refractivity contribution in [2.24, 2.45) is 0 Å². The monoisotopic (exact) mass is 382 g/mol.